The highest BCUT2D eigenvalue weighted by Crippen LogP contribution is 2.25. The molecule has 0 spiro atoms. The molecule has 0 bridgehead atoms. The van der Waals surface area contributed by atoms with Gasteiger partial charge in [-0.1, -0.05) is 12.1 Å². The lowest BCUT2D eigenvalue weighted by Gasteiger charge is -2.07. The maximum absolute atomic E-state index is 13.9. The van der Waals surface area contributed by atoms with Gasteiger partial charge in [-0.15, -0.1) is 0 Å². The van der Waals surface area contributed by atoms with Gasteiger partial charge in [-0.25, -0.2) is 12.8 Å². The highest BCUT2D eigenvalue weighted by atomic mass is 32.2. The monoisotopic (exact) mass is 366 g/mol. The van der Waals surface area contributed by atoms with E-state index >= 15 is 0 Å². The standard InChI is InChI=1S/C18H11FN4O2S/c19-16-7-13(10-21)4-5-17(16)23-26(24,25)15-8-18(22-11-15)14-3-1-2-12(6-14)9-20/h1-8,11,22-23H. The van der Waals surface area contributed by atoms with Crippen molar-refractivity contribution in [2.45, 2.75) is 4.90 Å². The molecule has 0 saturated carbocycles. The van der Waals surface area contributed by atoms with Crippen molar-refractivity contribution >= 4 is 15.7 Å². The van der Waals surface area contributed by atoms with Gasteiger partial charge in [0.15, 0.2) is 0 Å². The van der Waals surface area contributed by atoms with Gasteiger partial charge in [-0.2, -0.15) is 10.5 Å². The van der Waals surface area contributed by atoms with Crippen molar-refractivity contribution in [3.63, 3.8) is 0 Å². The second kappa shape index (κ2) is 6.71. The number of nitriles is 2. The number of nitrogens with zero attached hydrogens (tertiary/aromatic N) is 2. The second-order valence-electron chi connectivity index (χ2n) is 5.35. The van der Waals surface area contributed by atoms with Gasteiger partial charge in [0, 0.05) is 11.9 Å². The Hall–Kier alpha value is -3.62. The van der Waals surface area contributed by atoms with Crippen molar-refractivity contribution < 1.29 is 12.8 Å². The number of aromatic nitrogens is 1. The van der Waals surface area contributed by atoms with E-state index in [0.717, 1.165) is 6.07 Å². The van der Waals surface area contributed by atoms with Gasteiger partial charge in [0.25, 0.3) is 10.0 Å². The quantitative estimate of drug-likeness (QED) is 0.737. The van der Waals surface area contributed by atoms with E-state index in [-0.39, 0.29) is 16.1 Å². The lowest BCUT2D eigenvalue weighted by molar-refractivity contribution is 0.598. The van der Waals surface area contributed by atoms with Crippen LogP contribution in [0.15, 0.2) is 59.6 Å². The van der Waals surface area contributed by atoms with E-state index in [4.69, 9.17) is 10.5 Å². The number of halogens is 1. The summed E-state index contributed by atoms with van der Waals surface area (Å²) in [6.07, 6.45) is 1.28. The molecule has 0 aliphatic heterocycles. The summed E-state index contributed by atoms with van der Waals surface area (Å²) in [7, 11) is -4.03. The summed E-state index contributed by atoms with van der Waals surface area (Å²) in [6.45, 7) is 0. The third-order valence-corrected chi connectivity index (χ3v) is 4.96. The maximum Gasteiger partial charge on any atom is 0.263 e. The first-order valence-electron chi connectivity index (χ1n) is 7.34. The van der Waals surface area contributed by atoms with E-state index in [9.17, 15) is 12.8 Å². The van der Waals surface area contributed by atoms with E-state index in [1.165, 1.54) is 24.4 Å². The fourth-order valence-corrected chi connectivity index (χ4v) is 3.38. The molecule has 0 atom stereocenters. The van der Waals surface area contributed by atoms with E-state index in [0.29, 0.717) is 16.8 Å². The summed E-state index contributed by atoms with van der Waals surface area (Å²) < 4.78 is 41.0. The Morgan fingerprint density at radius 3 is 2.42 bits per heavy atom. The van der Waals surface area contributed by atoms with Gasteiger partial charge < -0.3 is 4.98 Å². The van der Waals surface area contributed by atoms with E-state index < -0.39 is 15.8 Å². The number of rotatable bonds is 4. The summed E-state index contributed by atoms with van der Waals surface area (Å²) in [5.41, 5.74) is 1.43. The molecule has 0 amide bonds. The van der Waals surface area contributed by atoms with Crippen LogP contribution in [0.4, 0.5) is 10.1 Å². The minimum atomic E-state index is -4.03. The van der Waals surface area contributed by atoms with Gasteiger partial charge in [0.2, 0.25) is 0 Å². The van der Waals surface area contributed by atoms with Crippen molar-refractivity contribution in [2.75, 3.05) is 4.72 Å². The Morgan fingerprint density at radius 1 is 1.00 bits per heavy atom. The van der Waals surface area contributed by atoms with Gasteiger partial charge in [-0.3, -0.25) is 4.72 Å². The molecule has 128 valence electrons. The highest BCUT2D eigenvalue weighted by molar-refractivity contribution is 7.92. The number of benzene rings is 2. The van der Waals surface area contributed by atoms with Crippen molar-refractivity contribution in [2.24, 2.45) is 0 Å². The first kappa shape index (κ1) is 17.2. The molecule has 26 heavy (non-hydrogen) atoms. The minimum Gasteiger partial charge on any atom is -0.360 e. The summed E-state index contributed by atoms with van der Waals surface area (Å²) in [6, 6.07) is 15.3. The third-order valence-electron chi connectivity index (χ3n) is 3.61. The van der Waals surface area contributed by atoms with Gasteiger partial charge >= 0.3 is 0 Å². The Morgan fingerprint density at radius 2 is 1.73 bits per heavy atom. The van der Waals surface area contributed by atoms with Crippen molar-refractivity contribution in [1.82, 2.24) is 4.98 Å². The van der Waals surface area contributed by atoms with Crippen LogP contribution in [0.1, 0.15) is 11.1 Å². The number of anilines is 1. The highest BCUT2D eigenvalue weighted by Gasteiger charge is 2.19. The average Bonchev–Trinajstić information content (AvgIpc) is 3.14. The fourth-order valence-electron chi connectivity index (χ4n) is 2.32. The Bertz CT molecular complexity index is 1170. The van der Waals surface area contributed by atoms with Crippen LogP contribution in [0.5, 0.6) is 0 Å². The molecule has 0 unspecified atom stereocenters. The van der Waals surface area contributed by atoms with Gasteiger partial charge in [0.1, 0.15) is 10.7 Å². The molecule has 3 rings (SSSR count). The number of aromatic amines is 1. The van der Waals surface area contributed by atoms with Crippen LogP contribution < -0.4 is 4.72 Å². The van der Waals surface area contributed by atoms with E-state index in [1.54, 1.807) is 30.3 Å². The zero-order chi connectivity index (χ0) is 18.7. The summed E-state index contributed by atoms with van der Waals surface area (Å²) in [5.74, 6) is -0.842. The van der Waals surface area contributed by atoms with Crippen molar-refractivity contribution in [1.29, 1.82) is 10.5 Å². The SMILES string of the molecule is N#Cc1cccc(-c2cc(S(=O)(=O)Nc3ccc(C#N)cc3F)c[nH]2)c1. The minimum absolute atomic E-state index is 0.0846. The molecule has 0 radical (unpaired) electrons. The predicted octanol–water partition coefficient (Wildman–Crippen LogP) is 3.36. The molecule has 0 fully saturated rings. The topological polar surface area (TPSA) is 110 Å². The molecule has 2 N–H and O–H groups in total. The van der Waals surface area contributed by atoms with Crippen LogP contribution in [0.3, 0.4) is 0 Å². The lowest BCUT2D eigenvalue weighted by Crippen LogP contribution is -2.13. The van der Waals surface area contributed by atoms with Crippen LogP contribution >= 0.6 is 0 Å². The number of hydrogen-bond acceptors (Lipinski definition) is 4. The molecule has 3 aromatic rings. The van der Waals surface area contributed by atoms with Gasteiger partial charge in [0.05, 0.1) is 29.0 Å². The zero-order valence-electron chi connectivity index (χ0n) is 13.2. The van der Waals surface area contributed by atoms with E-state index in [1.807, 2.05) is 6.07 Å². The van der Waals surface area contributed by atoms with Crippen molar-refractivity contribution in [3.8, 4) is 23.4 Å². The molecule has 6 nitrogen and oxygen atoms in total. The molecular formula is C18H11FN4O2S. The van der Waals surface area contributed by atoms with Crippen LogP contribution in [-0.4, -0.2) is 13.4 Å². The molecule has 1 aromatic heterocycles. The lowest BCUT2D eigenvalue weighted by atomic mass is 10.1. The van der Waals surface area contributed by atoms with Gasteiger partial charge in [-0.05, 0) is 42.0 Å². The Labute approximate surface area is 149 Å². The molecule has 2 aromatic carbocycles. The van der Waals surface area contributed by atoms with Crippen LogP contribution in [-0.2, 0) is 10.0 Å². The molecule has 8 heteroatoms. The molecular weight excluding hydrogens is 355 g/mol. The van der Waals surface area contributed by atoms with Crippen LogP contribution in [0.2, 0.25) is 0 Å². The molecule has 0 aliphatic rings. The average molecular weight is 366 g/mol. The third kappa shape index (κ3) is 3.41. The van der Waals surface area contributed by atoms with E-state index in [2.05, 4.69) is 9.71 Å². The largest absolute Gasteiger partial charge is 0.360 e. The smallest absolute Gasteiger partial charge is 0.263 e. The maximum atomic E-state index is 13.9. The summed E-state index contributed by atoms with van der Waals surface area (Å²) >= 11 is 0. The van der Waals surface area contributed by atoms with Crippen LogP contribution in [0.25, 0.3) is 11.3 Å². The summed E-state index contributed by atoms with van der Waals surface area (Å²) in [4.78, 5) is 2.75. The molecule has 0 saturated heterocycles. The predicted molar refractivity (Wildman–Crippen MR) is 92.9 cm³/mol. The first-order chi connectivity index (χ1) is 12.4. The second-order valence-corrected chi connectivity index (χ2v) is 7.04. The molecule has 1 heterocycles. The normalized spacial score (nSPS) is 10.7. The Balaban J connectivity index is 1.90. The van der Waals surface area contributed by atoms with Crippen molar-refractivity contribution in [3.05, 3.63) is 71.7 Å². The Kier molecular flexibility index (Phi) is 4.44. The zero-order valence-corrected chi connectivity index (χ0v) is 14.0. The fraction of sp³-hybridized carbons (Fsp3) is 0. The first-order valence-corrected chi connectivity index (χ1v) is 8.83. The summed E-state index contributed by atoms with van der Waals surface area (Å²) in [5, 5.41) is 17.7. The number of sulfonamides is 1. The number of H-pyrrole nitrogens is 1. The number of nitrogens with one attached hydrogen (secondary N) is 2. The number of hydrogen-bond donors (Lipinski definition) is 2. The molecule has 0 aliphatic carbocycles. The van der Waals surface area contributed by atoms with Crippen LogP contribution in [0, 0.1) is 28.5 Å².